The molecule has 0 aliphatic heterocycles. The molecule has 23 heavy (non-hydrogen) atoms. The van der Waals surface area contributed by atoms with Crippen molar-refractivity contribution in [3.8, 4) is 11.8 Å². The van der Waals surface area contributed by atoms with Crippen LogP contribution in [0.25, 0.3) is 0 Å². The number of carbonyl (C=O) groups excluding carboxylic acids is 2. The molecule has 0 aliphatic rings. The normalized spacial score (nSPS) is 9.74. The van der Waals surface area contributed by atoms with Gasteiger partial charge < -0.3 is 9.47 Å². The lowest BCUT2D eigenvalue weighted by atomic mass is 10.1. The van der Waals surface area contributed by atoms with Crippen LogP contribution in [-0.4, -0.2) is 25.0 Å². The molecule has 0 unspecified atom stereocenters. The van der Waals surface area contributed by atoms with Crippen LogP contribution in [0.2, 0.25) is 5.02 Å². The minimum absolute atomic E-state index is 0.325. The standard InChI is InChI=1S/C17H12ClNO4/c18-14-3-1-2-13(8-14)16(20)10-23-17(21)11-22-15-6-4-12(9-19)5-7-15/h1-8H,10-11H2. The summed E-state index contributed by atoms with van der Waals surface area (Å²) in [6, 6.07) is 14.7. The van der Waals surface area contributed by atoms with E-state index in [1.54, 1.807) is 42.5 Å². The molecule has 2 aromatic rings. The van der Waals surface area contributed by atoms with Crippen molar-refractivity contribution in [1.82, 2.24) is 0 Å². The molecule has 5 nitrogen and oxygen atoms in total. The second-order valence-electron chi connectivity index (χ2n) is 4.52. The smallest absolute Gasteiger partial charge is 0.344 e. The molecule has 0 N–H and O–H groups in total. The Morgan fingerprint density at radius 3 is 2.48 bits per heavy atom. The van der Waals surface area contributed by atoms with E-state index in [0.717, 1.165) is 0 Å². The van der Waals surface area contributed by atoms with Crippen molar-refractivity contribution in [2.24, 2.45) is 0 Å². The molecule has 0 heterocycles. The largest absolute Gasteiger partial charge is 0.482 e. The van der Waals surface area contributed by atoms with Gasteiger partial charge in [0.05, 0.1) is 11.6 Å². The van der Waals surface area contributed by atoms with Crippen LogP contribution < -0.4 is 4.74 Å². The number of benzene rings is 2. The summed E-state index contributed by atoms with van der Waals surface area (Å²) >= 11 is 5.79. The van der Waals surface area contributed by atoms with E-state index in [-0.39, 0.29) is 19.0 Å². The number of hydrogen-bond acceptors (Lipinski definition) is 5. The zero-order chi connectivity index (χ0) is 16.7. The van der Waals surface area contributed by atoms with Crippen LogP contribution in [0.1, 0.15) is 15.9 Å². The number of ketones is 1. The van der Waals surface area contributed by atoms with Gasteiger partial charge in [-0.05, 0) is 36.4 Å². The average molecular weight is 330 g/mol. The number of halogens is 1. The first-order chi connectivity index (χ1) is 11.1. The first-order valence-electron chi connectivity index (χ1n) is 6.66. The number of nitriles is 1. The Bertz CT molecular complexity index is 750. The predicted molar refractivity (Wildman–Crippen MR) is 83.4 cm³/mol. The van der Waals surface area contributed by atoms with Crippen molar-refractivity contribution in [2.45, 2.75) is 0 Å². The van der Waals surface area contributed by atoms with Gasteiger partial charge in [-0.15, -0.1) is 0 Å². The van der Waals surface area contributed by atoms with Gasteiger partial charge in [-0.25, -0.2) is 4.79 Å². The number of ether oxygens (including phenoxy) is 2. The summed E-state index contributed by atoms with van der Waals surface area (Å²) in [4.78, 5) is 23.4. The molecule has 2 rings (SSSR count). The van der Waals surface area contributed by atoms with Gasteiger partial charge in [0.25, 0.3) is 0 Å². The minimum atomic E-state index is -0.662. The van der Waals surface area contributed by atoms with E-state index in [1.165, 1.54) is 6.07 Å². The molecule has 0 aliphatic carbocycles. The number of Topliss-reactive ketones (excluding diaryl/α,β-unsaturated/α-hetero) is 1. The fraction of sp³-hybridized carbons (Fsp3) is 0.118. The van der Waals surface area contributed by atoms with E-state index in [0.29, 0.717) is 21.9 Å². The monoisotopic (exact) mass is 329 g/mol. The van der Waals surface area contributed by atoms with Gasteiger partial charge in [-0.1, -0.05) is 23.7 Å². The fourth-order valence-corrected chi connectivity index (χ4v) is 1.89. The van der Waals surface area contributed by atoms with Crippen molar-refractivity contribution in [3.05, 3.63) is 64.7 Å². The third-order valence-corrected chi connectivity index (χ3v) is 3.09. The van der Waals surface area contributed by atoms with Crippen LogP contribution in [0.3, 0.4) is 0 Å². The quantitative estimate of drug-likeness (QED) is 0.601. The average Bonchev–Trinajstić information content (AvgIpc) is 2.58. The Morgan fingerprint density at radius 1 is 1.09 bits per heavy atom. The molecule has 0 atom stereocenters. The maximum Gasteiger partial charge on any atom is 0.344 e. The Kier molecular flexibility index (Phi) is 5.73. The third kappa shape index (κ3) is 5.13. The zero-order valence-corrected chi connectivity index (χ0v) is 12.7. The van der Waals surface area contributed by atoms with Gasteiger partial charge in [0.15, 0.2) is 19.0 Å². The van der Waals surface area contributed by atoms with E-state index in [4.69, 9.17) is 26.3 Å². The number of hydrogen-bond donors (Lipinski definition) is 0. The summed E-state index contributed by atoms with van der Waals surface area (Å²) in [5, 5.41) is 9.11. The highest BCUT2D eigenvalue weighted by molar-refractivity contribution is 6.31. The van der Waals surface area contributed by atoms with Crippen LogP contribution in [0.15, 0.2) is 48.5 Å². The summed E-state index contributed by atoms with van der Waals surface area (Å²) in [7, 11) is 0. The zero-order valence-electron chi connectivity index (χ0n) is 12.0. The van der Waals surface area contributed by atoms with Crippen molar-refractivity contribution in [3.63, 3.8) is 0 Å². The SMILES string of the molecule is N#Cc1ccc(OCC(=O)OCC(=O)c2cccc(Cl)c2)cc1. The molecule has 0 bridgehead atoms. The number of nitrogens with zero attached hydrogens (tertiary/aromatic N) is 1. The fourth-order valence-electron chi connectivity index (χ4n) is 1.70. The lowest BCUT2D eigenvalue weighted by Crippen LogP contribution is -2.19. The van der Waals surface area contributed by atoms with Crippen LogP contribution in [0.5, 0.6) is 5.75 Å². The molecule has 0 saturated carbocycles. The summed E-state index contributed by atoms with van der Waals surface area (Å²) < 4.78 is 10.1. The van der Waals surface area contributed by atoms with E-state index in [1.807, 2.05) is 6.07 Å². The maximum atomic E-state index is 11.8. The maximum absolute atomic E-state index is 11.8. The molecule has 0 radical (unpaired) electrons. The van der Waals surface area contributed by atoms with Gasteiger partial charge in [0.2, 0.25) is 0 Å². The molecular formula is C17H12ClNO4. The number of carbonyl (C=O) groups is 2. The Balaban J connectivity index is 1.78. The minimum Gasteiger partial charge on any atom is -0.482 e. The second-order valence-corrected chi connectivity index (χ2v) is 4.96. The molecule has 0 amide bonds. The van der Waals surface area contributed by atoms with E-state index in [2.05, 4.69) is 0 Å². The van der Waals surface area contributed by atoms with Crippen molar-refractivity contribution < 1.29 is 19.1 Å². The summed E-state index contributed by atoms with van der Waals surface area (Å²) in [5.74, 6) is -0.578. The van der Waals surface area contributed by atoms with Crippen molar-refractivity contribution in [2.75, 3.05) is 13.2 Å². The molecule has 0 aromatic heterocycles. The lowest BCUT2D eigenvalue weighted by molar-refractivity contribution is -0.144. The molecule has 6 heteroatoms. The topological polar surface area (TPSA) is 76.4 Å². The second kappa shape index (κ2) is 7.97. The molecular weight excluding hydrogens is 318 g/mol. The van der Waals surface area contributed by atoms with Crippen molar-refractivity contribution in [1.29, 1.82) is 5.26 Å². The highest BCUT2D eigenvalue weighted by Gasteiger charge is 2.11. The first kappa shape index (κ1) is 16.5. The highest BCUT2D eigenvalue weighted by atomic mass is 35.5. The van der Waals surface area contributed by atoms with Crippen LogP contribution >= 0.6 is 11.6 Å². The summed E-state index contributed by atoms with van der Waals surface area (Å²) in [5.41, 5.74) is 0.866. The predicted octanol–water partition coefficient (Wildman–Crippen LogP) is 3.02. The van der Waals surface area contributed by atoms with E-state index >= 15 is 0 Å². The van der Waals surface area contributed by atoms with Crippen LogP contribution in [0.4, 0.5) is 0 Å². The molecule has 0 spiro atoms. The van der Waals surface area contributed by atoms with Gasteiger partial charge in [0.1, 0.15) is 5.75 Å². The van der Waals surface area contributed by atoms with Gasteiger partial charge in [-0.3, -0.25) is 4.79 Å². The highest BCUT2D eigenvalue weighted by Crippen LogP contribution is 2.12. The molecule has 0 fully saturated rings. The third-order valence-electron chi connectivity index (χ3n) is 2.85. The van der Waals surface area contributed by atoms with Crippen molar-refractivity contribution >= 4 is 23.4 Å². The first-order valence-corrected chi connectivity index (χ1v) is 7.03. The van der Waals surface area contributed by atoms with Crippen LogP contribution in [-0.2, 0) is 9.53 Å². The molecule has 116 valence electrons. The van der Waals surface area contributed by atoms with Gasteiger partial charge >= 0.3 is 5.97 Å². The lowest BCUT2D eigenvalue weighted by Gasteiger charge is -2.07. The number of rotatable bonds is 6. The van der Waals surface area contributed by atoms with E-state index < -0.39 is 5.97 Å². The Labute approximate surface area is 138 Å². The molecule has 0 saturated heterocycles. The summed E-state index contributed by atoms with van der Waals surface area (Å²) in [6.07, 6.45) is 0. The summed E-state index contributed by atoms with van der Waals surface area (Å²) in [6.45, 7) is -0.704. The van der Waals surface area contributed by atoms with Gasteiger partial charge in [-0.2, -0.15) is 5.26 Å². The van der Waals surface area contributed by atoms with E-state index in [9.17, 15) is 9.59 Å². The van der Waals surface area contributed by atoms with Gasteiger partial charge in [0, 0.05) is 10.6 Å². The number of esters is 1. The molecule has 2 aromatic carbocycles. The van der Waals surface area contributed by atoms with Crippen LogP contribution in [0, 0.1) is 11.3 Å². The Morgan fingerprint density at radius 2 is 1.83 bits per heavy atom. The Hall–Kier alpha value is -2.84.